The lowest BCUT2D eigenvalue weighted by atomic mass is 9.90. The Bertz CT molecular complexity index is 1430. The molecule has 0 radical (unpaired) electrons. The van der Waals surface area contributed by atoms with Gasteiger partial charge in [-0.15, -0.1) is 11.1 Å². The van der Waals surface area contributed by atoms with Crippen LogP contribution in [0.1, 0.15) is 11.1 Å². The highest BCUT2D eigenvalue weighted by atomic mass is 28.3. The molecule has 34 heavy (non-hydrogen) atoms. The van der Waals surface area contributed by atoms with Crippen molar-refractivity contribution in [3.63, 3.8) is 0 Å². The van der Waals surface area contributed by atoms with Crippen LogP contribution >= 0.6 is 0 Å². The Hall–Kier alpha value is -3.45. The summed E-state index contributed by atoms with van der Waals surface area (Å²) < 4.78 is 0. The number of hydrogen-bond donors (Lipinski definition) is 2. The normalized spacial score (nSPS) is 11.6. The maximum atomic E-state index is 6.56. The van der Waals surface area contributed by atoms with E-state index < -0.39 is 16.1 Å². The van der Waals surface area contributed by atoms with E-state index in [0.717, 1.165) is 55.2 Å². The molecule has 0 aliphatic rings. The van der Waals surface area contributed by atoms with Gasteiger partial charge in [0.2, 0.25) is 0 Å². The number of hydrogen-bond acceptors (Lipinski definition) is 2. The third-order valence-corrected chi connectivity index (χ3v) is 7.27. The lowest BCUT2D eigenvalue weighted by molar-refractivity contribution is 1.64. The molecule has 0 unspecified atom stereocenters. The Morgan fingerprint density at radius 1 is 0.529 bits per heavy atom. The van der Waals surface area contributed by atoms with Crippen LogP contribution in [0.15, 0.2) is 60.7 Å². The van der Waals surface area contributed by atoms with Crippen LogP contribution in [0.5, 0.6) is 0 Å². The predicted molar refractivity (Wildman–Crippen MR) is 156 cm³/mol. The lowest BCUT2D eigenvalue weighted by Crippen LogP contribution is -2.16. The van der Waals surface area contributed by atoms with Crippen molar-refractivity contribution in [3.8, 4) is 34.1 Å². The third kappa shape index (κ3) is 5.20. The molecule has 0 saturated carbocycles. The molecule has 0 saturated heterocycles. The molecule has 4 aromatic rings. The Balaban J connectivity index is 1.92. The fraction of sp³-hybridized carbons (Fsp3) is 0.200. The van der Waals surface area contributed by atoms with E-state index in [4.69, 9.17) is 11.5 Å². The first-order valence-electron chi connectivity index (χ1n) is 11.6. The van der Waals surface area contributed by atoms with E-state index in [0.29, 0.717) is 0 Å². The van der Waals surface area contributed by atoms with Gasteiger partial charge in [0.1, 0.15) is 16.1 Å². The standard InChI is InChI=1S/C30H32N2Si2/c1-33(2,3)17-15-21-7-11-25-23(19-21)9-13-27(31)29(25)30-26-12-8-22(16-18-34(4,5)6)20-24(26)10-14-28(30)32/h7-14,19-20H,31-32H2,1-6H3. The molecule has 0 fully saturated rings. The van der Waals surface area contributed by atoms with E-state index >= 15 is 0 Å². The van der Waals surface area contributed by atoms with Crippen molar-refractivity contribution in [2.45, 2.75) is 39.3 Å². The highest BCUT2D eigenvalue weighted by molar-refractivity contribution is 6.84. The number of anilines is 2. The second-order valence-electron chi connectivity index (χ2n) is 10.9. The first-order valence-corrected chi connectivity index (χ1v) is 18.6. The lowest BCUT2D eigenvalue weighted by Gasteiger charge is -2.16. The monoisotopic (exact) mass is 476 g/mol. The van der Waals surface area contributed by atoms with Crippen molar-refractivity contribution in [1.82, 2.24) is 0 Å². The molecule has 0 aliphatic carbocycles. The summed E-state index contributed by atoms with van der Waals surface area (Å²) in [5, 5.41) is 4.39. The summed E-state index contributed by atoms with van der Waals surface area (Å²) in [4.78, 5) is 0. The molecule has 2 nitrogen and oxygen atoms in total. The van der Waals surface area contributed by atoms with Gasteiger partial charge in [0.15, 0.2) is 0 Å². The second-order valence-corrected chi connectivity index (χ2v) is 20.4. The fourth-order valence-corrected chi connectivity index (χ4v) is 4.96. The highest BCUT2D eigenvalue weighted by Gasteiger charge is 2.15. The number of nitrogens with two attached hydrogens (primary N) is 2. The Labute approximate surface area is 205 Å². The van der Waals surface area contributed by atoms with Crippen LogP contribution in [0.25, 0.3) is 32.7 Å². The van der Waals surface area contributed by atoms with E-state index in [9.17, 15) is 0 Å². The van der Waals surface area contributed by atoms with Crippen molar-refractivity contribution in [1.29, 1.82) is 0 Å². The van der Waals surface area contributed by atoms with Gasteiger partial charge in [-0.2, -0.15) is 0 Å². The van der Waals surface area contributed by atoms with Gasteiger partial charge in [-0.05, 0) is 57.9 Å². The molecule has 0 aromatic heterocycles. The Kier molecular flexibility index (Phi) is 6.08. The summed E-state index contributed by atoms with van der Waals surface area (Å²) in [5.41, 5.74) is 25.5. The molecule has 0 amide bonds. The van der Waals surface area contributed by atoms with Gasteiger partial charge in [-0.1, -0.05) is 75.4 Å². The van der Waals surface area contributed by atoms with Crippen LogP contribution in [0, 0.1) is 22.9 Å². The summed E-state index contributed by atoms with van der Waals surface area (Å²) >= 11 is 0. The van der Waals surface area contributed by atoms with E-state index in [1.807, 2.05) is 12.1 Å². The smallest absolute Gasteiger partial charge is 0.129 e. The van der Waals surface area contributed by atoms with Gasteiger partial charge >= 0.3 is 0 Å². The summed E-state index contributed by atoms with van der Waals surface area (Å²) in [6, 6.07) is 20.8. The minimum absolute atomic E-state index is 0.718. The predicted octanol–water partition coefficient (Wildman–Crippen LogP) is 7.28. The first kappa shape index (κ1) is 23.7. The molecular weight excluding hydrogens is 445 g/mol. The zero-order valence-electron chi connectivity index (χ0n) is 20.9. The summed E-state index contributed by atoms with van der Waals surface area (Å²) in [7, 11) is -2.89. The molecule has 170 valence electrons. The van der Waals surface area contributed by atoms with Crippen molar-refractivity contribution >= 4 is 49.1 Å². The van der Waals surface area contributed by atoms with Gasteiger partial charge in [-0.25, -0.2) is 0 Å². The minimum Gasteiger partial charge on any atom is -0.398 e. The van der Waals surface area contributed by atoms with Crippen molar-refractivity contribution in [2.75, 3.05) is 11.5 Å². The average molecular weight is 477 g/mol. The molecule has 4 N–H and O–H groups in total. The van der Waals surface area contributed by atoms with E-state index in [1.165, 1.54) is 0 Å². The zero-order valence-corrected chi connectivity index (χ0v) is 22.9. The van der Waals surface area contributed by atoms with Gasteiger partial charge < -0.3 is 11.5 Å². The number of nitrogen functional groups attached to an aromatic ring is 2. The quantitative estimate of drug-likeness (QED) is 0.172. The maximum Gasteiger partial charge on any atom is 0.129 e. The summed E-state index contributed by atoms with van der Waals surface area (Å²) in [5.74, 6) is 6.73. The van der Waals surface area contributed by atoms with Crippen LogP contribution in [-0.2, 0) is 0 Å². The Morgan fingerprint density at radius 2 is 0.912 bits per heavy atom. The minimum atomic E-state index is -1.44. The molecule has 0 aliphatic heterocycles. The van der Waals surface area contributed by atoms with Gasteiger partial charge in [0.05, 0.1) is 0 Å². The third-order valence-electron chi connectivity index (χ3n) is 5.52. The SMILES string of the molecule is C[Si](C)(C)C#Cc1ccc2c(-c3c(N)ccc4cc(C#C[Si](C)(C)C)ccc34)c(N)ccc2c1. The topological polar surface area (TPSA) is 52.0 Å². The molecular formula is C30H32N2Si2. The Morgan fingerprint density at radius 3 is 1.26 bits per heavy atom. The maximum absolute atomic E-state index is 6.56. The van der Waals surface area contributed by atoms with E-state index in [1.54, 1.807) is 0 Å². The molecule has 4 heteroatoms. The highest BCUT2D eigenvalue weighted by Crippen LogP contribution is 2.41. The number of fused-ring (bicyclic) bond motifs is 2. The largest absolute Gasteiger partial charge is 0.398 e. The van der Waals surface area contributed by atoms with Crippen LogP contribution in [-0.4, -0.2) is 16.1 Å². The van der Waals surface area contributed by atoms with Gasteiger partial charge in [0.25, 0.3) is 0 Å². The van der Waals surface area contributed by atoms with Crippen molar-refractivity contribution < 1.29 is 0 Å². The zero-order chi connectivity index (χ0) is 24.7. The van der Waals surface area contributed by atoms with E-state index in [2.05, 4.69) is 111 Å². The molecule has 0 spiro atoms. The summed E-state index contributed by atoms with van der Waals surface area (Å²) in [6.07, 6.45) is 0. The van der Waals surface area contributed by atoms with Crippen LogP contribution in [0.3, 0.4) is 0 Å². The second kappa shape index (κ2) is 8.72. The molecule has 0 bridgehead atoms. The molecule has 4 rings (SSSR count). The van der Waals surface area contributed by atoms with Crippen molar-refractivity contribution in [2.24, 2.45) is 0 Å². The molecule has 0 atom stereocenters. The number of benzene rings is 4. The number of rotatable bonds is 1. The molecule has 0 heterocycles. The first-order chi connectivity index (χ1) is 15.9. The van der Waals surface area contributed by atoms with Gasteiger partial charge in [-0.3, -0.25) is 0 Å². The van der Waals surface area contributed by atoms with Crippen LogP contribution < -0.4 is 11.5 Å². The fourth-order valence-electron chi connectivity index (χ4n) is 3.93. The molecule has 4 aromatic carbocycles. The van der Waals surface area contributed by atoms with E-state index in [-0.39, 0.29) is 0 Å². The average Bonchev–Trinajstić information content (AvgIpc) is 2.76. The van der Waals surface area contributed by atoms with Crippen molar-refractivity contribution in [3.05, 3.63) is 71.8 Å². The van der Waals surface area contributed by atoms with Crippen LogP contribution in [0.2, 0.25) is 39.3 Å². The summed E-state index contributed by atoms with van der Waals surface area (Å²) in [6.45, 7) is 13.5. The van der Waals surface area contributed by atoms with Crippen LogP contribution in [0.4, 0.5) is 11.4 Å². The van der Waals surface area contributed by atoms with Gasteiger partial charge in [0, 0.05) is 33.6 Å².